The summed E-state index contributed by atoms with van der Waals surface area (Å²) in [5.74, 6) is -0.486. The van der Waals surface area contributed by atoms with E-state index >= 15 is 4.39 Å². The summed E-state index contributed by atoms with van der Waals surface area (Å²) in [6.45, 7) is 2.60. The molecule has 1 atom stereocenters. The van der Waals surface area contributed by atoms with Crippen molar-refractivity contribution in [1.82, 2.24) is 29.7 Å². The number of imide groups is 1. The first-order valence-corrected chi connectivity index (χ1v) is 12.3. The minimum absolute atomic E-state index is 0.0633. The largest absolute Gasteiger partial charge is 0.329 e. The molecule has 2 fully saturated rings. The first-order valence-electron chi connectivity index (χ1n) is 12.3. The number of rotatable bonds is 4. The maximum absolute atomic E-state index is 15.2. The highest BCUT2D eigenvalue weighted by atomic mass is 19.1. The molecule has 0 aliphatic carbocycles. The quantitative estimate of drug-likeness (QED) is 0.563. The molecule has 3 amide bonds. The van der Waals surface area contributed by atoms with Gasteiger partial charge in [0, 0.05) is 31.8 Å². The third kappa shape index (κ3) is 3.85. The summed E-state index contributed by atoms with van der Waals surface area (Å²) < 4.78 is 17.3. The van der Waals surface area contributed by atoms with Gasteiger partial charge in [-0.15, -0.1) is 0 Å². The topological polar surface area (TPSA) is 100 Å². The van der Waals surface area contributed by atoms with Crippen LogP contribution in [-0.4, -0.2) is 61.2 Å². The van der Waals surface area contributed by atoms with Crippen LogP contribution < -0.4 is 5.32 Å². The van der Waals surface area contributed by atoms with Gasteiger partial charge in [0.05, 0.1) is 12.1 Å². The normalized spacial score (nSPS) is 21.3. The first-order chi connectivity index (χ1) is 17.4. The molecule has 1 unspecified atom stereocenters. The molecule has 0 radical (unpaired) electrons. The Morgan fingerprint density at radius 2 is 1.94 bits per heavy atom. The van der Waals surface area contributed by atoms with Crippen LogP contribution in [0.1, 0.15) is 58.9 Å². The Balaban J connectivity index is 1.14. The lowest BCUT2D eigenvalue weighted by molar-refractivity contribution is -0.136. The van der Waals surface area contributed by atoms with Crippen LogP contribution >= 0.6 is 0 Å². The highest BCUT2D eigenvalue weighted by Gasteiger charge is 2.40. The van der Waals surface area contributed by atoms with Crippen molar-refractivity contribution in [2.45, 2.75) is 50.7 Å². The molecule has 3 aromatic rings. The molecule has 3 aliphatic rings. The van der Waals surface area contributed by atoms with Gasteiger partial charge in [-0.05, 0) is 67.6 Å². The molecule has 186 valence electrons. The minimum atomic E-state index is -0.699. The number of imidazole rings is 1. The third-order valence-corrected chi connectivity index (χ3v) is 7.78. The highest BCUT2D eigenvalue weighted by Crippen LogP contribution is 2.35. The van der Waals surface area contributed by atoms with Crippen molar-refractivity contribution in [3.05, 3.63) is 58.8 Å². The van der Waals surface area contributed by atoms with E-state index in [-0.39, 0.29) is 36.5 Å². The van der Waals surface area contributed by atoms with Gasteiger partial charge in [0.1, 0.15) is 17.7 Å². The summed E-state index contributed by atoms with van der Waals surface area (Å²) in [6.07, 6.45) is 3.85. The number of nitrogens with one attached hydrogen (secondary N) is 1. The number of nitrogens with zero attached hydrogens (tertiary/aromatic N) is 5. The number of amides is 3. The smallest absolute Gasteiger partial charge is 0.255 e. The van der Waals surface area contributed by atoms with Crippen molar-refractivity contribution in [3.8, 4) is 0 Å². The molecular formula is C26H27FN6O3. The van der Waals surface area contributed by atoms with Crippen LogP contribution in [-0.2, 0) is 29.7 Å². The Hall–Kier alpha value is -3.66. The standard InChI is InChI=1S/C26H27FN6O3/c1-31-20-3-2-8-28-24(20)29-22(31)14-32-9-6-15(7-10-32)17-11-16-13-33(26(36)18(16)12-19(17)27)21-4-5-23(34)30-25(21)35/h2-3,8,11-12,15,21H,4-7,9-10,13-14H2,1H3,(H,30,34,35). The maximum Gasteiger partial charge on any atom is 0.255 e. The Kier molecular flexibility index (Phi) is 5.55. The van der Waals surface area contributed by atoms with Crippen molar-refractivity contribution in [1.29, 1.82) is 0 Å². The van der Waals surface area contributed by atoms with E-state index in [1.165, 1.54) is 11.0 Å². The Bertz CT molecular complexity index is 1390. The fourth-order valence-corrected chi connectivity index (χ4v) is 5.74. The lowest BCUT2D eigenvalue weighted by Crippen LogP contribution is -2.52. The molecule has 3 aliphatic heterocycles. The van der Waals surface area contributed by atoms with Gasteiger partial charge in [0.15, 0.2) is 5.65 Å². The first kappa shape index (κ1) is 22.8. The molecule has 5 heterocycles. The minimum Gasteiger partial charge on any atom is -0.329 e. The molecular weight excluding hydrogens is 463 g/mol. The number of aryl methyl sites for hydroxylation is 1. The number of benzene rings is 1. The molecule has 0 saturated carbocycles. The zero-order valence-corrected chi connectivity index (χ0v) is 20.0. The summed E-state index contributed by atoms with van der Waals surface area (Å²) in [5.41, 5.74) is 3.44. The molecule has 0 spiro atoms. The Labute approximate surface area is 207 Å². The average Bonchev–Trinajstić information content (AvgIpc) is 3.35. The van der Waals surface area contributed by atoms with E-state index in [2.05, 4.69) is 24.8 Å². The number of likely N-dealkylation sites (tertiary alicyclic amines) is 1. The van der Waals surface area contributed by atoms with Gasteiger partial charge < -0.3 is 9.47 Å². The number of carbonyl (C=O) groups is 3. The number of piperidine rings is 2. The second kappa shape index (κ2) is 8.77. The van der Waals surface area contributed by atoms with E-state index in [1.54, 1.807) is 6.20 Å². The van der Waals surface area contributed by atoms with E-state index in [0.717, 1.165) is 48.5 Å². The molecule has 1 N–H and O–H groups in total. The number of carbonyl (C=O) groups excluding carboxylic acids is 3. The molecule has 2 aromatic heterocycles. The molecule has 10 heteroatoms. The van der Waals surface area contributed by atoms with E-state index in [9.17, 15) is 14.4 Å². The number of halogens is 1. The van der Waals surface area contributed by atoms with E-state index in [0.29, 0.717) is 24.1 Å². The lowest BCUT2D eigenvalue weighted by atomic mass is 9.87. The van der Waals surface area contributed by atoms with E-state index < -0.39 is 11.9 Å². The van der Waals surface area contributed by atoms with Crippen LogP contribution in [0, 0.1) is 5.82 Å². The zero-order valence-electron chi connectivity index (χ0n) is 20.0. The Morgan fingerprint density at radius 1 is 1.14 bits per heavy atom. The van der Waals surface area contributed by atoms with Crippen LogP contribution in [0.4, 0.5) is 4.39 Å². The lowest BCUT2D eigenvalue weighted by Gasteiger charge is -2.32. The van der Waals surface area contributed by atoms with E-state index in [4.69, 9.17) is 0 Å². The van der Waals surface area contributed by atoms with Gasteiger partial charge in [0.25, 0.3) is 5.91 Å². The molecule has 9 nitrogen and oxygen atoms in total. The van der Waals surface area contributed by atoms with Gasteiger partial charge in [0.2, 0.25) is 11.8 Å². The fourth-order valence-electron chi connectivity index (χ4n) is 5.74. The third-order valence-electron chi connectivity index (χ3n) is 7.78. The van der Waals surface area contributed by atoms with Gasteiger partial charge in [-0.2, -0.15) is 0 Å². The molecule has 1 aromatic carbocycles. The van der Waals surface area contributed by atoms with Crippen LogP contribution in [0.5, 0.6) is 0 Å². The summed E-state index contributed by atoms with van der Waals surface area (Å²) in [5, 5.41) is 2.30. The van der Waals surface area contributed by atoms with Crippen LogP contribution in [0.25, 0.3) is 11.2 Å². The van der Waals surface area contributed by atoms with Crippen molar-refractivity contribution in [2.24, 2.45) is 7.05 Å². The van der Waals surface area contributed by atoms with Crippen molar-refractivity contribution >= 4 is 28.9 Å². The van der Waals surface area contributed by atoms with Gasteiger partial charge in [-0.3, -0.25) is 24.6 Å². The van der Waals surface area contributed by atoms with Crippen molar-refractivity contribution in [2.75, 3.05) is 13.1 Å². The maximum atomic E-state index is 15.2. The monoisotopic (exact) mass is 490 g/mol. The summed E-state index contributed by atoms with van der Waals surface area (Å²) in [7, 11) is 2.00. The van der Waals surface area contributed by atoms with Gasteiger partial charge in [-0.25, -0.2) is 14.4 Å². The zero-order chi connectivity index (χ0) is 25.0. The van der Waals surface area contributed by atoms with Crippen LogP contribution in [0.2, 0.25) is 0 Å². The van der Waals surface area contributed by atoms with Crippen LogP contribution in [0.15, 0.2) is 30.5 Å². The Morgan fingerprint density at radius 3 is 2.69 bits per heavy atom. The van der Waals surface area contributed by atoms with Crippen molar-refractivity contribution in [3.63, 3.8) is 0 Å². The highest BCUT2D eigenvalue weighted by molar-refractivity contribution is 6.05. The van der Waals surface area contributed by atoms with E-state index in [1.807, 2.05) is 25.2 Å². The molecule has 2 saturated heterocycles. The average molecular weight is 491 g/mol. The number of hydrogen-bond donors (Lipinski definition) is 1. The molecule has 36 heavy (non-hydrogen) atoms. The fraction of sp³-hybridized carbons (Fsp3) is 0.423. The van der Waals surface area contributed by atoms with Crippen LogP contribution in [0.3, 0.4) is 0 Å². The number of aromatic nitrogens is 3. The van der Waals surface area contributed by atoms with Crippen molar-refractivity contribution < 1.29 is 18.8 Å². The predicted octanol–water partition coefficient (Wildman–Crippen LogP) is 2.25. The summed E-state index contributed by atoms with van der Waals surface area (Å²) in [4.78, 5) is 49.5. The number of pyridine rings is 1. The second-order valence-corrected chi connectivity index (χ2v) is 9.91. The number of hydrogen-bond acceptors (Lipinski definition) is 6. The molecule has 6 rings (SSSR count). The second-order valence-electron chi connectivity index (χ2n) is 9.91. The molecule has 0 bridgehead atoms. The predicted molar refractivity (Wildman–Crippen MR) is 128 cm³/mol. The van der Waals surface area contributed by atoms with Gasteiger partial charge in [-0.1, -0.05) is 6.07 Å². The summed E-state index contributed by atoms with van der Waals surface area (Å²) >= 11 is 0. The van der Waals surface area contributed by atoms with Gasteiger partial charge >= 0.3 is 0 Å². The SMILES string of the molecule is Cn1c(CN2CCC(c3cc4c(cc3F)C(=O)N(C3CCC(=O)NC3=O)C4)CC2)nc2ncccc21. The number of fused-ring (bicyclic) bond motifs is 2. The summed E-state index contributed by atoms with van der Waals surface area (Å²) in [6, 6.07) is 6.36.